The van der Waals surface area contributed by atoms with Crippen LogP contribution in [0.2, 0.25) is 0 Å². The van der Waals surface area contributed by atoms with Crippen molar-refractivity contribution in [3.63, 3.8) is 0 Å². The van der Waals surface area contributed by atoms with Gasteiger partial charge >= 0.3 is 0 Å². The lowest BCUT2D eigenvalue weighted by atomic mass is 10.2. The predicted octanol–water partition coefficient (Wildman–Crippen LogP) is 3.36. The molecular formula is C18H18N2O4S. The maximum Gasteiger partial charge on any atom is 0.261 e. The van der Waals surface area contributed by atoms with Crippen LogP contribution in [0.25, 0.3) is 10.9 Å². The van der Waals surface area contributed by atoms with Crippen LogP contribution in [0.4, 0.5) is 5.69 Å². The third-order valence-electron chi connectivity index (χ3n) is 3.87. The van der Waals surface area contributed by atoms with Gasteiger partial charge in [0.15, 0.2) is 0 Å². The molecule has 25 heavy (non-hydrogen) atoms. The molecule has 0 amide bonds. The van der Waals surface area contributed by atoms with E-state index < -0.39 is 10.0 Å². The summed E-state index contributed by atoms with van der Waals surface area (Å²) in [4.78, 5) is 4.44. The number of benzene rings is 2. The summed E-state index contributed by atoms with van der Waals surface area (Å²) in [6, 6.07) is 11.6. The molecule has 0 saturated carbocycles. The van der Waals surface area contributed by atoms with Gasteiger partial charge in [0, 0.05) is 11.6 Å². The van der Waals surface area contributed by atoms with Crippen molar-refractivity contribution >= 4 is 26.6 Å². The summed E-state index contributed by atoms with van der Waals surface area (Å²) in [5, 5.41) is 0.663. The Bertz CT molecular complexity index is 1030. The summed E-state index contributed by atoms with van der Waals surface area (Å²) in [5.41, 5.74) is 1.78. The van der Waals surface area contributed by atoms with Gasteiger partial charge < -0.3 is 9.47 Å². The first-order chi connectivity index (χ1) is 12.0. The van der Waals surface area contributed by atoms with Crippen molar-refractivity contribution in [1.82, 2.24) is 4.98 Å². The van der Waals surface area contributed by atoms with Crippen molar-refractivity contribution in [2.24, 2.45) is 0 Å². The maximum absolute atomic E-state index is 12.7. The minimum Gasteiger partial charge on any atom is -0.496 e. The van der Waals surface area contributed by atoms with Crippen molar-refractivity contribution in [2.45, 2.75) is 11.8 Å². The highest BCUT2D eigenvalue weighted by Gasteiger charge is 2.18. The zero-order chi connectivity index (χ0) is 18.0. The highest BCUT2D eigenvalue weighted by molar-refractivity contribution is 7.92. The Morgan fingerprint density at radius 1 is 1.00 bits per heavy atom. The smallest absolute Gasteiger partial charge is 0.261 e. The van der Waals surface area contributed by atoms with Gasteiger partial charge in [-0.1, -0.05) is 0 Å². The Hall–Kier alpha value is -2.80. The van der Waals surface area contributed by atoms with Crippen molar-refractivity contribution in [2.75, 3.05) is 18.9 Å². The number of pyridine rings is 1. The lowest BCUT2D eigenvalue weighted by Gasteiger charge is -2.13. The molecule has 1 aromatic heterocycles. The molecule has 0 unspecified atom stereocenters. The highest BCUT2D eigenvalue weighted by Crippen LogP contribution is 2.31. The molecule has 0 aliphatic carbocycles. The lowest BCUT2D eigenvalue weighted by molar-refractivity contribution is 0.411. The van der Waals surface area contributed by atoms with Gasteiger partial charge in [-0.3, -0.25) is 9.71 Å². The fraction of sp³-hybridized carbons (Fsp3) is 0.167. The first-order valence-corrected chi connectivity index (χ1v) is 9.04. The summed E-state index contributed by atoms with van der Waals surface area (Å²) in [5.74, 6) is 1.22. The van der Waals surface area contributed by atoms with E-state index in [2.05, 4.69) is 9.71 Å². The first kappa shape index (κ1) is 17.0. The molecule has 0 aliphatic heterocycles. The van der Waals surface area contributed by atoms with Crippen LogP contribution < -0.4 is 14.2 Å². The Morgan fingerprint density at radius 3 is 2.40 bits per heavy atom. The quantitative estimate of drug-likeness (QED) is 0.757. The van der Waals surface area contributed by atoms with E-state index in [4.69, 9.17) is 9.47 Å². The topological polar surface area (TPSA) is 77.5 Å². The highest BCUT2D eigenvalue weighted by atomic mass is 32.2. The van der Waals surface area contributed by atoms with E-state index in [0.29, 0.717) is 28.1 Å². The molecule has 3 aromatic rings. The number of aromatic nitrogens is 1. The first-order valence-electron chi connectivity index (χ1n) is 7.55. The summed E-state index contributed by atoms with van der Waals surface area (Å²) in [6.45, 7) is 1.80. The Kier molecular flexibility index (Phi) is 4.50. The lowest BCUT2D eigenvalue weighted by Crippen LogP contribution is -2.13. The minimum atomic E-state index is -3.75. The zero-order valence-corrected chi connectivity index (χ0v) is 14.9. The fourth-order valence-electron chi connectivity index (χ4n) is 2.62. The number of sulfonamides is 1. The minimum absolute atomic E-state index is 0.165. The summed E-state index contributed by atoms with van der Waals surface area (Å²) < 4.78 is 38.6. The SMILES string of the molecule is COc1ccc(S(=O)(=O)Nc2ccc(OC)c3ncccc23)cc1C. The van der Waals surface area contributed by atoms with E-state index >= 15 is 0 Å². The molecule has 6 nitrogen and oxygen atoms in total. The van der Waals surface area contributed by atoms with Crippen molar-refractivity contribution in [3.8, 4) is 11.5 Å². The van der Waals surface area contributed by atoms with Gasteiger partial charge in [0.1, 0.15) is 17.0 Å². The monoisotopic (exact) mass is 358 g/mol. The molecule has 0 aliphatic rings. The van der Waals surface area contributed by atoms with Crippen molar-refractivity contribution in [1.29, 1.82) is 0 Å². The summed E-state index contributed by atoms with van der Waals surface area (Å²) >= 11 is 0. The van der Waals surface area contributed by atoms with Gasteiger partial charge in [-0.15, -0.1) is 0 Å². The second-order valence-electron chi connectivity index (χ2n) is 5.45. The maximum atomic E-state index is 12.7. The molecule has 1 heterocycles. The number of anilines is 1. The Labute approximate surface area is 146 Å². The largest absolute Gasteiger partial charge is 0.496 e. The second-order valence-corrected chi connectivity index (χ2v) is 7.13. The van der Waals surface area contributed by atoms with Gasteiger partial charge in [0.05, 0.1) is 24.8 Å². The molecule has 0 spiro atoms. The zero-order valence-electron chi connectivity index (χ0n) is 14.1. The number of fused-ring (bicyclic) bond motifs is 1. The number of methoxy groups -OCH3 is 2. The third-order valence-corrected chi connectivity index (χ3v) is 5.24. The fourth-order valence-corrected chi connectivity index (χ4v) is 3.79. The summed E-state index contributed by atoms with van der Waals surface area (Å²) in [7, 11) is -0.650. The Balaban J connectivity index is 2.04. The molecular weight excluding hydrogens is 340 g/mol. The molecule has 0 bridgehead atoms. The Morgan fingerprint density at radius 2 is 1.72 bits per heavy atom. The third kappa shape index (κ3) is 3.23. The van der Waals surface area contributed by atoms with Crippen LogP contribution in [0.3, 0.4) is 0 Å². The molecule has 2 aromatic carbocycles. The molecule has 1 N–H and O–H groups in total. The van der Waals surface area contributed by atoms with Crippen LogP contribution in [0, 0.1) is 6.92 Å². The number of nitrogens with one attached hydrogen (secondary N) is 1. The molecule has 0 fully saturated rings. The van der Waals surface area contributed by atoms with Crippen LogP contribution >= 0.6 is 0 Å². The number of aryl methyl sites for hydroxylation is 1. The summed E-state index contributed by atoms with van der Waals surface area (Å²) in [6.07, 6.45) is 1.63. The number of ether oxygens (including phenoxy) is 2. The standard InChI is InChI=1S/C18H18N2O4S/c1-12-11-13(6-8-16(12)23-2)25(21,22)20-15-7-9-17(24-3)18-14(15)5-4-10-19-18/h4-11,20H,1-3H3. The van der Waals surface area contributed by atoms with Crippen LogP contribution in [0.1, 0.15) is 5.56 Å². The van der Waals surface area contributed by atoms with Crippen LogP contribution in [-0.4, -0.2) is 27.6 Å². The molecule has 130 valence electrons. The van der Waals surface area contributed by atoms with Crippen molar-refractivity contribution in [3.05, 3.63) is 54.2 Å². The second kappa shape index (κ2) is 6.60. The number of rotatable bonds is 5. The molecule has 0 saturated heterocycles. The number of nitrogens with zero attached hydrogens (tertiary/aromatic N) is 1. The van der Waals surface area contributed by atoms with Crippen molar-refractivity contribution < 1.29 is 17.9 Å². The van der Waals surface area contributed by atoms with E-state index in [0.717, 1.165) is 5.56 Å². The number of hydrogen-bond donors (Lipinski definition) is 1. The molecule has 3 rings (SSSR count). The van der Waals surface area contributed by atoms with Crippen LogP contribution in [-0.2, 0) is 10.0 Å². The van der Waals surface area contributed by atoms with Gasteiger partial charge in [-0.05, 0) is 55.0 Å². The molecule has 0 radical (unpaired) electrons. The molecule has 0 atom stereocenters. The number of hydrogen-bond acceptors (Lipinski definition) is 5. The van der Waals surface area contributed by atoms with Gasteiger partial charge in [-0.25, -0.2) is 8.42 Å². The van der Waals surface area contributed by atoms with Crippen LogP contribution in [0.15, 0.2) is 53.6 Å². The van der Waals surface area contributed by atoms with Gasteiger partial charge in [0.25, 0.3) is 10.0 Å². The van der Waals surface area contributed by atoms with Gasteiger partial charge in [0.2, 0.25) is 0 Å². The average molecular weight is 358 g/mol. The van der Waals surface area contributed by atoms with Crippen LogP contribution in [0.5, 0.6) is 11.5 Å². The predicted molar refractivity (Wildman–Crippen MR) is 96.8 cm³/mol. The van der Waals surface area contributed by atoms with E-state index in [1.807, 2.05) is 0 Å². The van der Waals surface area contributed by atoms with E-state index in [-0.39, 0.29) is 4.90 Å². The van der Waals surface area contributed by atoms with Gasteiger partial charge in [-0.2, -0.15) is 0 Å². The van der Waals surface area contributed by atoms with E-state index in [9.17, 15) is 8.42 Å². The average Bonchev–Trinajstić information content (AvgIpc) is 2.61. The normalized spacial score (nSPS) is 11.3. The van der Waals surface area contributed by atoms with E-state index in [1.54, 1.807) is 63.7 Å². The van der Waals surface area contributed by atoms with E-state index in [1.165, 1.54) is 6.07 Å². The molecule has 7 heteroatoms.